The Bertz CT molecular complexity index is 820. The Balaban J connectivity index is 0.00000338. The van der Waals surface area contributed by atoms with Gasteiger partial charge in [0, 0.05) is 6.20 Å². The van der Waals surface area contributed by atoms with E-state index < -0.39 is 0 Å². The van der Waals surface area contributed by atoms with Crippen molar-refractivity contribution in [2.75, 3.05) is 28.4 Å². The van der Waals surface area contributed by atoms with Crippen LogP contribution in [0.25, 0.3) is 0 Å². The van der Waals surface area contributed by atoms with Crippen molar-refractivity contribution in [2.45, 2.75) is 21.3 Å². The molecule has 0 aliphatic heterocycles. The molecule has 2 rings (SSSR count). The third-order valence-electron chi connectivity index (χ3n) is 3.92. The van der Waals surface area contributed by atoms with E-state index in [1.165, 1.54) is 34.6 Å². The van der Waals surface area contributed by atoms with Crippen LogP contribution in [-0.4, -0.2) is 39.2 Å². The number of aromatic nitrogens is 1. The maximum Gasteiger partial charge on any atom is 0.224 e. The number of aryl methyl sites for hydroxylation is 1. The molecule has 0 bridgehead atoms. The summed E-state index contributed by atoms with van der Waals surface area (Å²) in [7, 11) is 5.92. The SMILES string of the molecule is C.COc1cc(C)c(C(=O)c2c(OC)ncc(Cl)c2C)c(OC)c1OC. The molecule has 1 heterocycles. The molecule has 2 aromatic rings. The van der Waals surface area contributed by atoms with Crippen LogP contribution in [0.5, 0.6) is 23.1 Å². The molecule has 0 atom stereocenters. The highest BCUT2D eigenvalue weighted by Gasteiger charge is 2.28. The Morgan fingerprint density at radius 3 is 2.08 bits per heavy atom. The van der Waals surface area contributed by atoms with Crippen LogP contribution in [0.1, 0.15) is 34.5 Å². The number of carbonyl (C=O) groups is 1. The smallest absolute Gasteiger partial charge is 0.224 e. The predicted octanol–water partition coefficient (Wildman–Crippen LogP) is 4.25. The second-order valence-electron chi connectivity index (χ2n) is 5.28. The minimum absolute atomic E-state index is 0. The number of pyridine rings is 1. The van der Waals surface area contributed by atoms with E-state index in [-0.39, 0.29) is 30.4 Å². The number of nitrogens with zero attached hydrogens (tertiary/aromatic N) is 1. The summed E-state index contributed by atoms with van der Waals surface area (Å²) < 4.78 is 21.4. The van der Waals surface area contributed by atoms with Crippen molar-refractivity contribution in [1.82, 2.24) is 4.98 Å². The molecule has 7 heteroatoms. The third-order valence-corrected chi connectivity index (χ3v) is 4.30. The Kier molecular flexibility index (Phi) is 7.27. The number of benzene rings is 1. The molecule has 1 aromatic heterocycles. The van der Waals surface area contributed by atoms with Crippen LogP contribution < -0.4 is 18.9 Å². The first-order chi connectivity index (χ1) is 11.9. The quantitative estimate of drug-likeness (QED) is 0.697. The number of ketones is 1. The molecule has 0 saturated heterocycles. The van der Waals surface area contributed by atoms with Crippen molar-refractivity contribution in [3.05, 3.63) is 39.5 Å². The molecule has 0 aliphatic carbocycles. The van der Waals surface area contributed by atoms with E-state index in [9.17, 15) is 4.79 Å². The van der Waals surface area contributed by atoms with E-state index in [2.05, 4.69) is 4.98 Å². The van der Waals surface area contributed by atoms with Gasteiger partial charge in [-0.25, -0.2) is 4.98 Å². The molecule has 6 nitrogen and oxygen atoms in total. The van der Waals surface area contributed by atoms with Crippen molar-refractivity contribution in [2.24, 2.45) is 0 Å². The van der Waals surface area contributed by atoms with Crippen LogP contribution in [0, 0.1) is 13.8 Å². The fourth-order valence-corrected chi connectivity index (χ4v) is 2.81. The number of halogens is 1. The van der Waals surface area contributed by atoms with E-state index in [1.54, 1.807) is 19.9 Å². The number of methoxy groups -OCH3 is 4. The molecule has 0 aliphatic rings. The normalized spacial score (nSPS) is 9.96. The van der Waals surface area contributed by atoms with E-state index in [1.807, 2.05) is 0 Å². The van der Waals surface area contributed by atoms with Gasteiger partial charge in [-0.2, -0.15) is 0 Å². The van der Waals surface area contributed by atoms with E-state index in [4.69, 9.17) is 30.5 Å². The summed E-state index contributed by atoms with van der Waals surface area (Å²) in [4.78, 5) is 17.4. The first-order valence-corrected chi connectivity index (χ1v) is 7.82. The average molecular weight is 382 g/mol. The lowest BCUT2D eigenvalue weighted by molar-refractivity contribution is 0.103. The Labute approximate surface area is 159 Å². The van der Waals surface area contributed by atoms with E-state index in [0.29, 0.717) is 33.2 Å². The van der Waals surface area contributed by atoms with Crippen molar-refractivity contribution < 1.29 is 23.7 Å². The van der Waals surface area contributed by atoms with Crippen LogP contribution in [0.3, 0.4) is 0 Å². The molecule has 0 saturated carbocycles. The topological polar surface area (TPSA) is 66.9 Å². The van der Waals surface area contributed by atoms with Crippen molar-refractivity contribution in [3.63, 3.8) is 0 Å². The van der Waals surface area contributed by atoms with Crippen LogP contribution in [0.15, 0.2) is 12.3 Å². The molecule has 0 N–H and O–H groups in total. The van der Waals surface area contributed by atoms with Crippen molar-refractivity contribution in [1.29, 1.82) is 0 Å². The fraction of sp³-hybridized carbons (Fsp3) is 0.368. The average Bonchev–Trinajstić information content (AvgIpc) is 2.61. The summed E-state index contributed by atoms with van der Waals surface area (Å²) in [6.45, 7) is 3.53. The molecule has 0 radical (unpaired) electrons. The fourth-order valence-electron chi connectivity index (χ4n) is 2.66. The number of rotatable bonds is 6. The number of carbonyl (C=O) groups excluding carboxylic acids is 1. The second-order valence-corrected chi connectivity index (χ2v) is 5.69. The highest BCUT2D eigenvalue weighted by atomic mass is 35.5. The third kappa shape index (κ3) is 3.55. The standard InChI is InChI=1S/C18H20ClNO5.CH4/c1-9-7-12(22-3)16(23-4)17(24-5)13(9)15(21)14-10(2)11(19)8-20-18(14)25-6;/h7-8H,1-6H3;1H4. The number of ether oxygens (including phenoxy) is 4. The van der Waals surface area contributed by atoms with Gasteiger partial charge in [0.25, 0.3) is 0 Å². The summed E-state index contributed by atoms with van der Waals surface area (Å²) in [6.07, 6.45) is 1.45. The van der Waals surface area contributed by atoms with Gasteiger partial charge in [0.1, 0.15) is 0 Å². The first-order valence-electron chi connectivity index (χ1n) is 7.44. The van der Waals surface area contributed by atoms with E-state index in [0.717, 1.165) is 0 Å². The van der Waals surface area contributed by atoms with Crippen LogP contribution in [0.2, 0.25) is 5.02 Å². The van der Waals surface area contributed by atoms with Gasteiger partial charge in [-0.3, -0.25) is 4.79 Å². The molecule has 0 unspecified atom stereocenters. The van der Waals surface area contributed by atoms with Crippen LogP contribution >= 0.6 is 11.6 Å². The Hall–Kier alpha value is -2.47. The van der Waals surface area contributed by atoms with Gasteiger partial charge in [0.05, 0.1) is 44.6 Å². The van der Waals surface area contributed by atoms with Gasteiger partial charge in [-0.15, -0.1) is 0 Å². The van der Waals surface area contributed by atoms with Gasteiger partial charge >= 0.3 is 0 Å². The second kappa shape index (κ2) is 8.76. The zero-order chi connectivity index (χ0) is 18.7. The molecule has 0 fully saturated rings. The first kappa shape index (κ1) is 21.6. The Morgan fingerprint density at radius 1 is 0.962 bits per heavy atom. The van der Waals surface area contributed by atoms with E-state index >= 15 is 0 Å². The lowest BCUT2D eigenvalue weighted by Crippen LogP contribution is -2.12. The van der Waals surface area contributed by atoms with Crippen molar-refractivity contribution >= 4 is 17.4 Å². The van der Waals surface area contributed by atoms with Gasteiger partial charge in [-0.05, 0) is 31.0 Å². The number of hydrogen-bond acceptors (Lipinski definition) is 6. The summed E-state index contributed by atoms with van der Waals surface area (Å²) in [6, 6.07) is 1.72. The lowest BCUT2D eigenvalue weighted by atomic mass is 9.95. The van der Waals surface area contributed by atoms with Crippen LogP contribution in [0.4, 0.5) is 0 Å². The van der Waals surface area contributed by atoms with Crippen LogP contribution in [-0.2, 0) is 0 Å². The van der Waals surface area contributed by atoms with Gasteiger partial charge < -0.3 is 18.9 Å². The number of hydrogen-bond donors (Lipinski definition) is 0. The Morgan fingerprint density at radius 2 is 1.58 bits per heavy atom. The summed E-state index contributed by atoms with van der Waals surface area (Å²) in [5.74, 6) is 0.973. The summed E-state index contributed by atoms with van der Waals surface area (Å²) in [5.41, 5.74) is 1.87. The largest absolute Gasteiger partial charge is 0.493 e. The highest BCUT2D eigenvalue weighted by Crippen LogP contribution is 2.43. The zero-order valence-electron chi connectivity index (χ0n) is 15.0. The maximum atomic E-state index is 13.3. The molecule has 0 amide bonds. The summed E-state index contributed by atoms with van der Waals surface area (Å²) >= 11 is 6.15. The minimum Gasteiger partial charge on any atom is -0.493 e. The lowest BCUT2D eigenvalue weighted by Gasteiger charge is -2.19. The highest BCUT2D eigenvalue weighted by molar-refractivity contribution is 6.32. The molecule has 0 spiro atoms. The van der Waals surface area contributed by atoms with Gasteiger partial charge in [-0.1, -0.05) is 19.0 Å². The van der Waals surface area contributed by atoms with Crippen molar-refractivity contribution in [3.8, 4) is 23.1 Å². The molecular weight excluding hydrogens is 358 g/mol. The molecule has 142 valence electrons. The zero-order valence-corrected chi connectivity index (χ0v) is 15.8. The van der Waals surface area contributed by atoms with Gasteiger partial charge in [0.2, 0.25) is 17.4 Å². The monoisotopic (exact) mass is 381 g/mol. The van der Waals surface area contributed by atoms with Gasteiger partial charge in [0.15, 0.2) is 11.5 Å². The molecular formula is C19H24ClNO5. The maximum absolute atomic E-state index is 13.3. The minimum atomic E-state index is -0.320. The summed E-state index contributed by atoms with van der Waals surface area (Å²) in [5, 5.41) is 0.376. The molecule has 1 aromatic carbocycles. The predicted molar refractivity (Wildman–Crippen MR) is 102 cm³/mol. The molecule has 26 heavy (non-hydrogen) atoms.